The first-order valence-corrected chi connectivity index (χ1v) is 6.46. The first kappa shape index (κ1) is 11.0. The highest BCUT2D eigenvalue weighted by Gasteiger charge is 2.48. The molecule has 4 heteroatoms. The predicted octanol–water partition coefficient (Wildman–Crippen LogP) is 1.76. The Bertz CT molecular complexity index is 386. The minimum absolute atomic E-state index is 0.497. The number of hydrogen-bond donors (Lipinski definition) is 2. The van der Waals surface area contributed by atoms with Crippen molar-refractivity contribution in [2.45, 2.75) is 38.6 Å². The van der Waals surface area contributed by atoms with Gasteiger partial charge in [0.15, 0.2) is 0 Å². The minimum atomic E-state index is 0.497. The molecule has 2 N–H and O–H groups in total. The number of anilines is 1. The Balaban J connectivity index is 1.55. The average Bonchev–Trinajstić information content (AvgIpc) is 2.20. The van der Waals surface area contributed by atoms with Crippen molar-refractivity contribution in [2.75, 3.05) is 18.4 Å². The van der Waals surface area contributed by atoms with E-state index in [1.54, 1.807) is 0 Å². The van der Waals surface area contributed by atoms with E-state index in [0.29, 0.717) is 17.4 Å². The first-order chi connectivity index (χ1) is 8.17. The first-order valence-electron chi connectivity index (χ1n) is 6.46. The van der Waals surface area contributed by atoms with Crippen LogP contribution in [0.5, 0.6) is 0 Å². The fraction of sp³-hybridized carbons (Fsp3) is 0.692. The number of nitrogens with zero attached hydrogens (tertiary/aromatic N) is 2. The summed E-state index contributed by atoms with van der Waals surface area (Å²) in [5.74, 6) is 1.28. The summed E-state index contributed by atoms with van der Waals surface area (Å²) in [6.45, 7) is 6.70. The number of nitrogens with one attached hydrogen (secondary N) is 2. The van der Waals surface area contributed by atoms with Crippen LogP contribution in [0.4, 0.5) is 5.95 Å². The molecule has 1 saturated heterocycles. The molecule has 4 nitrogen and oxygen atoms in total. The lowest BCUT2D eigenvalue weighted by Crippen LogP contribution is -2.63. The third-order valence-corrected chi connectivity index (χ3v) is 4.03. The maximum Gasteiger partial charge on any atom is 0.222 e. The highest BCUT2D eigenvalue weighted by atomic mass is 15.1. The van der Waals surface area contributed by atoms with Gasteiger partial charge in [0, 0.05) is 31.5 Å². The molecule has 0 bridgehead atoms. The van der Waals surface area contributed by atoms with Crippen molar-refractivity contribution in [1.82, 2.24) is 15.3 Å². The van der Waals surface area contributed by atoms with E-state index >= 15 is 0 Å². The molecule has 2 fully saturated rings. The topological polar surface area (TPSA) is 49.8 Å². The Hall–Kier alpha value is -1.16. The molecule has 0 aromatic carbocycles. The summed E-state index contributed by atoms with van der Waals surface area (Å²) in [5.41, 5.74) is 1.80. The van der Waals surface area contributed by atoms with E-state index in [4.69, 9.17) is 0 Å². The van der Waals surface area contributed by atoms with Gasteiger partial charge in [-0.15, -0.1) is 0 Å². The molecule has 1 aromatic heterocycles. The molecular formula is C13H20N4. The van der Waals surface area contributed by atoms with Crippen molar-refractivity contribution in [2.24, 2.45) is 5.41 Å². The van der Waals surface area contributed by atoms with Crippen LogP contribution in [0.2, 0.25) is 0 Å². The molecule has 1 aliphatic heterocycles. The summed E-state index contributed by atoms with van der Waals surface area (Å²) in [6, 6.07) is 0.571. The zero-order chi connectivity index (χ0) is 11.9. The SMILES string of the molecule is CC(C)c1cnc(NC2CC3(CNC3)C2)nc1. The van der Waals surface area contributed by atoms with Gasteiger partial charge in [0.05, 0.1) is 0 Å². The molecule has 1 spiro atoms. The molecule has 0 unspecified atom stereocenters. The van der Waals surface area contributed by atoms with Gasteiger partial charge in [-0.05, 0) is 29.7 Å². The fourth-order valence-electron chi connectivity index (χ4n) is 2.75. The third kappa shape index (κ3) is 2.02. The minimum Gasteiger partial charge on any atom is -0.351 e. The smallest absolute Gasteiger partial charge is 0.222 e. The van der Waals surface area contributed by atoms with Gasteiger partial charge >= 0.3 is 0 Å². The van der Waals surface area contributed by atoms with Crippen molar-refractivity contribution in [3.8, 4) is 0 Å². The summed E-state index contributed by atoms with van der Waals surface area (Å²) in [5, 5.41) is 6.77. The largest absolute Gasteiger partial charge is 0.351 e. The van der Waals surface area contributed by atoms with Gasteiger partial charge in [-0.25, -0.2) is 9.97 Å². The van der Waals surface area contributed by atoms with Crippen molar-refractivity contribution in [3.05, 3.63) is 18.0 Å². The Labute approximate surface area is 102 Å². The zero-order valence-electron chi connectivity index (χ0n) is 10.5. The second kappa shape index (κ2) is 3.95. The fourth-order valence-corrected chi connectivity index (χ4v) is 2.75. The molecule has 17 heavy (non-hydrogen) atoms. The second-order valence-corrected chi connectivity index (χ2v) is 5.85. The van der Waals surface area contributed by atoms with Crippen molar-refractivity contribution in [1.29, 1.82) is 0 Å². The average molecular weight is 232 g/mol. The van der Waals surface area contributed by atoms with Crippen LogP contribution in [0.25, 0.3) is 0 Å². The molecule has 0 amide bonds. The van der Waals surface area contributed by atoms with E-state index in [0.717, 1.165) is 5.95 Å². The lowest BCUT2D eigenvalue weighted by atomic mass is 9.62. The predicted molar refractivity (Wildman–Crippen MR) is 68.1 cm³/mol. The highest BCUT2D eigenvalue weighted by molar-refractivity contribution is 5.29. The van der Waals surface area contributed by atoms with E-state index in [1.807, 2.05) is 12.4 Å². The van der Waals surface area contributed by atoms with Gasteiger partial charge < -0.3 is 10.6 Å². The van der Waals surface area contributed by atoms with Crippen LogP contribution in [0.3, 0.4) is 0 Å². The lowest BCUT2D eigenvalue weighted by molar-refractivity contribution is 0.0467. The third-order valence-electron chi connectivity index (χ3n) is 4.03. The van der Waals surface area contributed by atoms with E-state index in [1.165, 1.54) is 31.5 Å². The van der Waals surface area contributed by atoms with E-state index in [2.05, 4.69) is 34.4 Å². The number of aromatic nitrogens is 2. The van der Waals surface area contributed by atoms with Gasteiger partial charge in [0.1, 0.15) is 0 Å². The zero-order valence-corrected chi connectivity index (χ0v) is 10.5. The van der Waals surface area contributed by atoms with Gasteiger partial charge in [-0.3, -0.25) is 0 Å². The summed E-state index contributed by atoms with van der Waals surface area (Å²) in [4.78, 5) is 8.75. The van der Waals surface area contributed by atoms with Crippen molar-refractivity contribution < 1.29 is 0 Å². The van der Waals surface area contributed by atoms with Crippen LogP contribution in [-0.4, -0.2) is 29.1 Å². The summed E-state index contributed by atoms with van der Waals surface area (Å²) in [6.07, 6.45) is 6.38. The van der Waals surface area contributed by atoms with Crippen LogP contribution in [-0.2, 0) is 0 Å². The Morgan fingerprint density at radius 2 is 1.94 bits per heavy atom. The monoisotopic (exact) mass is 232 g/mol. The normalized spacial score (nSPS) is 22.3. The number of rotatable bonds is 3. The van der Waals surface area contributed by atoms with Crippen LogP contribution < -0.4 is 10.6 Å². The van der Waals surface area contributed by atoms with Gasteiger partial charge in [-0.1, -0.05) is 13.8 Å². The highest BCUT2D eigenvalue weighted by Crippen LogP contribution is 2.44. The number of hydrogen-bond acceptors (Lipinski definition) is 4. The van der Waals surface area contributed by atoms with E-state index in [9.17, 15) is 0 Å². The summed E-state index contributed by atoms with van der Waals surface area (Å²) >= 11 is 0. The van der Waals surface area contributed by atoms with Crippen molar-refractivity contribution >= 4 is 5.95 Å². The van der Waals surface area contributed by atoms with Gasteiger partial charge in [-0.2, -0.15) is 0 Å². The maximum absolute atomic E-state index is 4.38. The quantitative estimate of drug-likeness (QED) is 0.834. The van der Waals surface area contributed by atoms with Crippen LogP contribution >= 0.6 is 0 Å². The van der Waals surface area contributed by atoms with Crippen molar-refractivity contribution in [3.63, 3.8) is 0 Å². The van der Waals surface area contributed by atoms with Gasteiger partial charge in [0.25, 0.3) is 0 Å². The van der Waals surface area contributed by atoms with Crippen LogP contribution in [0.15, 0.2) is 12.4 Å². The molecule has 92 valence electrons. The molecule has 2 heterocycles. The molecule has 3 rings (SSSR count). The maximum atomic E-state index is 4.38. The molecule has 0 atom stereocenters. The standard InChI is InChI=1S/C13H20N4/c1-9(2)10-5-15-12(16-6-10)17-11-3-13(4-11)7-14-8-13/h5-6,9,11,14H,3-4,7-8H2,1-2H3,(H,15,16,17). The molecule has 1 aliphatic carbocycles. The molecule has 1 saturated carbocycles. The summed E-state index contributed by atoms with van der Waals surface area (Å²) < 4.78 is 0. The summed E-state index contributed by atoms with van der Waals surface area (Å²) in [7, 11) is 0. The lowest BCUT2D eigenvalue weighted by Gasteiger charge is -2.54. The van der Waals surface area contributed by atoms with Crippen LogP contribution in [0, 0.1) is 5.41 Å². The molecular weight excluding hydrogens is 212 g/mol. The van der Waals surface area contributed by atoms with Crippen LogP contribution in [0.1, 0.15) is 38.2 Å². The molecule has 0 radical (unpaired) electrons. The van der Waals surface area contributed by atoms with E-state index < -0.39 is 0 Å². The Kier molecular flexibility index (Phi) is 2.54. The van der Waals surface area contributed by atoms with E-state index in [-0.39, 0.29) is 0 Å². The molecule has 2 aliphatic rings. The van der Waals surface area contributed by atoms with Gasteiger partial charge in [0.2, 0.25) is 5.95 Å². The molecule has 1 aromatic rings. The second-order valence-electron chi connectivity index (χ2n) is 5.85. The Morgan fingerprint density at radius 1 is 1.29 bits per heavy atom. The Morgan fingerprint density at radius 3 is 2.41 bits per heavy atom.